The molecule has 0 saturated carbocycles. The Morgan fingerprint density at radius 1 is 1.32 bits per heavy atom. The van der Waals surface area contributed by atoms with E-state index in [1.807, 2.05) is 18.2 Å². The largest absolute Gasteiger partial charge is 0.483 e. The summed E-state index contributed by atoms with van der Waals surface area (Å²) >= 11 is 4.67. The third kappa shape index (κ3) is 4.93. The highest BCUT2D eigenvalue weighted by molar-refractivity contribution is 9.10. The van der Waals surface area contributed by atoms with Gasteiger partial charge >= 0.3 is 0 Å². The number of anilines is 1. The summed E-state index contributed by atoms with van der Waals surface area (Å²) in [5.41, 5.74) is 2.33. The molecule has 0 bridgehead atoms. The molecule has 0 radical (unpaired) electrons. The Bertz CT molecular complexity index is 1020. The lowest BCUT2D eigenvalue weighted by atomic mass is 10.1. The number of hydrogen-bond donors (Lipinski definition) is 1. The van der Waals surface area contributed by atoms with Crippen molar-refractivity contribution in [2.45, 2.75) is 13.3 Å². The molecular weight excluding hydrogens is 446 g/mol. The number of ether oxygens (including phenoxy) is 1. The van der Waals surface area contributed by atoms with Crippen LogP contribution < -0.4 is 10.1 Å². The molecule has 144 valence electrons. The number of nitrogens with one attached hydrogen (secondary N) is 1. The number of nitro benzene ring substituents is 1. The van der Waals surface area contributed by atoms with Crippen LogP contribution in [0.5, 0.6) is 5.75 Å². The fourth-order valence-electron chi connectivity index (χ4n) is 2.42. The summed E-state index contributed by atoms with van der Waals surface area (Å²) in [6.07, 6.45) is 0.913. The number of carbonyl (C=O) groups is 1. The van der Waals surface area contributed by atoms with Crippen molar-refractivity contribution in [1.29, 1.82) is 0 Å². The first kappa shape index (κ1) is 20.0. The minimum absolute atomic E-state index is 0.0100. The Labute approximate surface area is 173 Å². The molecule has 7 nitrogen and oxygen atoms in total. The highest BCUT2D eigenvalue weighted by Gasteiger charge is 2.12. The summed E-state index contributed by atoms with van der Waals surface area (Å²) in [6.45, 7) is 1.90. The predicted octanol–water partition coefficient (Wildman–Crippen LogP) is 5.06. The molecule has 0 saturated heterocycles. The van der Waals surface area contributed by atoms with Crippen LogP contribution in [0.2, 0.25) is 0 Å². The minimum atomic E-state index is -0.457. The van der Waals surface area contributed by atoms with E-state index < -0.39 is 4.92 Å². The molecule has 0 aliphatic rings. The molecule has 9 heteroatoms. The predicted molar refractivity (Wildman–Crippen MR) is 112 cm³/mol. The lowest BCUT2D eigenvalue weighted by Crippen LogP contribution is -2.20. The zero-order valence-electron chi connectivity index (χ0n) is 14.8. The van der Waals surface area contributed by atoms with Crippen LogP contribution in [0.4, 0.5) is 10.8 Å². The van der Waals surface area contributed by atoms with Gasteiger partial charge in [0, 0.05) is 23.1 Å². The van der Waals surface area contributed by atoms with Crippen molar-refractivity contribution in [3.8, 4) is 17.0 Å². The third-order valence-corrected chi connectivity index (χ3v) is 5.24. The molecule has 2 aromatic carbocycles. The number of nitrogens with zero attached hydrogens (tertiary/aromatic N) is 2. The maximum absolute atomic E-state index is 12.1. The molecule has 0 aliphatic carbocycles. The lowest BCUT2D eigenvalue weighted by Gasteiger charge is -2.09. The Morgan fingerprint density at radius 3 is 2.86 bits per heavy atom. The number of halogens is 1. The number of non-ortho nitro benzene ring substituents is 1. The molecule has 0 atom stereocenters. The van der Waals surface area contributed by atoms with Gasteiger partial charge in [0.2, 0.25) is 0 Å². The number of nitro groups is 1. The smallest absolute Gasteiger partial charge is 0.270 e. The van der Waals surface area contributed by atoms with E-state index in [-0.39, 0.29) is 18.2 Å². The van der Waals surface area contributed by atoms with Crippen molar-refractivity contribution < 1.29 is 14.5 Å². The average Bonchev–Trinajstić information content (AvgIpc) is 3.15. The first-order chi connectivity index (χ1) is 13.5. The van der Waals surface area contributed by atoms with Crippen LogP contribution in [-0.2, 0) is 11.2 Å². The second-order valence-electron chi connectivity index (χ2n) is 5.80. The van der Waals surface area contributed by atoms with Crippen molar-refractivity contribution >= 4 is 44.0 Å². The van der Waals surface area contributed by atoms with E-state index in [0.29, 0.717) is 22.1 Å². The maximum Gasteiger partial charge on any atom is 0.270 e. The monoisotopic (exact) mass is 461 g/mol. The van der Waals surface area contributed by atoms with Crippen molar-refractivity contribution in [3.63, 3.8) is 0 Å². The van der Waals surface area contributed by atoms with Crippen LogP contribution in [0.1, 0.15) is 12.5 Å². The summed E-state index contributed by atoms with van der Waals surface area (Å²) < 4.78 is 6.34. The standard InChI is InChI=1S/C19H16BrN3O4S/c1-2-12-6-7-17(15(20)8-12)27-10-18(24)22-19-21-16(11-28-19)13-4-3-5-14(9-13)23(25)26/h3-9,11H,2,10H2,1H3,(H,21,22,24). The Morgan fingerprint density at radius 2 is 2.14 bits per heavy atom. The highest BCUT2D eigenvalue weighted by atomic mass is 79.9. The van der Waals surface area contributed by atoms with Crippen LogP contribution in [-0.4, -0.2) is 22.4 Å². The number of hydrogen-bond acceptors (Lipinski definition) is 6. The Balaban J connectivity index is 1.61. The van der Waals surface area contributed by atoms with Crippen LogP contribution in [0.25, 0.3) is 11.3 Å². The molecule has 1 aromatic heterocycles. The van der Waals surface area contributed by atoms with Gasteiger partial charge in [0.05, 0.1) is 15.1 Å². The number of thiazole rings is 1. The van der Waals surface area contributed by atoms with Gasteiger partial charge < -0.3 is 4.74 Å². The van der Waals surface area contributed by atoms with E-state index in [4.69, 9.17) is 4.74 Å². The van der Waals surface area contributed by atoms with Gasteiger partial charge in [0.15, 0.2) is 11.7 Å². The van der Waals surface area contributed by atoms with Gasteiger partial charge in [-0.3, -0.25) is 20.2 Å². The molecule has 3 rings (SSSR count). The topological polar surface area (TPSA) is 94.4 Å². The number of carbonyl (C=O) groups excluding carboxylic acids is 1. The van der Waals surface area contributed by atoms with Crippen LogP contribution in [0.15, 0.2) is 52.3 Å². The fraction of sp³-hybridized carbons (Fsp3) is 0.158. The molecule has 0 spiro atoms. The van der Waals surface area contributed by atoms with Gasteiger partial charge in [-0.1, -0.05) is 25.1 Å². The third-order valence-electron chi connectivity index (χ3n) is 3.87. The summed E-state index contributed by atoms with van der Waals surface area (Å²) in [5, 5.41) is 15.7. The van der Waals surface area contributed by atoms with Gasteiger partial charge in [-0.05, 0) is 40.0 Å². The van der Waals surface area contributed by atoms with Gasteiger partial charge in [-0.15, -0.1) is 11.3 Å². The van der Waals surface area contributed by atoms with Crippen molar-refractivity contribution in [2.75, 3.05) is 11.9 Å². The summed E-state index contributed by atoms with van der Waals surface area (Å²) in [5.74, 6) is 0.246. The maximum atomic E-state index is 12.1. The van der Waals surface area contributed by atoms with Gasteiger partial charge in [0.1, 0.15) is 5.75 Å². The zero-order valence-corrected chi connectivity index (χ0v) is 17.2. The number of aryl methyl sites for hydroxylation is 1. The molecule has 3 aromatic rings. The Hall–Kier alpha value is -2.78. The average molecular weight is 462 g/mol. The SMILES string of the molecule is CCc1ccc(OCC(=O)Nc2nc(-c3cccc([N+](=O)[O-])c3)cs2)c(Br)c1. The summed E-state index contributed by atoms with van der Waals surface area (Å²) in [6, 6.07) is 11.9. The van der Waals surface area contributed by atoms with Crippen LogP contribution in [0, 0.1) is 10.1 Å². The molecule has 0 aliphatic heterocycles. The second-order valence-corrected chi connectivity index (χ2v) is 7.51. The van der Waals surface area contributed by atoms with Crippen molar-refractivity contribution in [2.24, 2.45) is 0 Å². The highest BCUT2D eigenvalue weighted by Crippen LogP contribution is 2.28. The number of amides is 1. The normalized spacial score (nSPS) is 10.5. The van der Waals surface area contributed by atoms with Gasteiger partial charge in [-0.25, -0.2) is 4.98 Å². The molecule has 1 N–H and O–H groups in total. The van der Waals surface area contributed by atoms with E-state index in [2.05, 4.69) is 33.2 Å². The van der Waals surface area contributed by atoms with Gasteiger partial charge in [-0.2, -0.15) is 0 Å². The number of aromatic nitrogens is 1. The molecule has 0 fully saturated rings. The zero-order chi connectivity index (χ0) is 20.1. The van der Waals surface area contributed by atoms with E-state index >= 15 is 0 Å². The summed E-state index contributed by atoms with van der Waals surface area (Å²) in [4.78, 5) is 26.9. The molecule has 28 heavy (non-hydrogen) atoms. The van der Waals surface area contributed by atoms with Crippen molar-refractivity contribution in [3.05, 3.63) is 68.0 Å². The number of benzene rings is 2. The summed E-state index contributed by atoms with van der Waals surface area (Å²) in [7, 11) is 0. The van der Waals surface area contributed by atoms with Crippen molar-refractivity contribution in [1.82, 2.24) is 4.98 Å². The second kappa shape index (κ2) is 8.94. The van der Waals surface area contributed by atoms with E-state index in [1.165, 1.54) is 29.0 Å². The number of rotatable bonds is 7. The van der Waals surface area contributed by atoms with Gasteiger partial charge in [0.25, 0.3) is 11.6 Å². The molecule has 1 heterocycles. The van der Waals surface area contributed by atoms with Crippen LogP contribution in [0.3, 0.4) is 0 Å². The lowest BCUT2D eigenvalue weighted by molar-refractivity contribution is -0.384. The Kier molecular flexibility index (Phi) is 6.37. The van der Waals surface area contributed by atoms with E-state index in [9.17, 15) is 14.9 Å². The molecule has 0 unspecified atom stereocenters. The first-order valence-corrected chi connectivity index (χ1v) is 10.0. The van der Waals surface area contributed by atoms with Crippen LogP contribution >= 0.6 is 27.3 Å². The quantitative estimate of drug-likeness (QED) is 0.391. The molecule has 1 amide bonds. The minimum Gasteiger partial charge on any atom is -0.483 e. The van der Waals surface area contributed by atoms with E-state index in [1.54, 1.807) is 17.5 Å². The molecular formula is C19H16BrN3O4S. The fourth-order valence-corrected chi connectivity index (χ4v) is 3.70. The first-order valence-electron chi connectivity index (χ1n) is 8.37. The van der Waals surface area contributed by atoms with E-state index in [0.717, 1.165) is 10.9 Å².